The second-order valence-electron chi connectivity index (χ2n) is 6.71. The Morgan fingerprint density at radius 1 is 1.24 bits per heavy atom. The molecule has 1 unspecified atom stereocenters. The molecule has 0 radical (unpaired) electrons. The molecule has 1 N–H and O–H groups in total. The zero-order valence-electron chi connectivity index (χ0n) is 15.3. The number of nitrogens with one attached hydrogen (secondary N) is 1. The van der Waals surface area contributed by atoms with Crippen molar-refractivity contribution in [2.75, 3.05) is 11.9 Å². The Morgan fingerprint density at radius 3 is 2.90 bits per heavy atom. The monoisotopic (exact) mass is 464 g/mol. The van der Waals surface area contributed by atoms with Crippen LogP contribution in [0.1, 0.15) is 17.8 Å². The first kappa shape index (κ1) is 19.1. The molecule has 150 valence electrons. The van der Waals surface area contributed by atoms with Crippen LogP contribution in [0.2, 0.25) is 0 Å². The van der Waals surface area contributed by atoms with Crippen molar-refractivity contribution in [2.45, 2.75) is 30.0 Å². The highest BCUT2D eigenvalue weighted by Crippen LogP contribution is 2.35. The van der Waals surface area contributed by atoms with E-state index in [1.807, 2.05) is 19.1 Å². The number of rotatable bonds is 4. The first-order valence-electron chi connectivity index (χ1n) is 8.96. The smallest absolute Gasteiger partial charge is 0.253 e. The summed E-state index contributed by atoms with van der Waals surface area (Å²) in [7, 11) is -3.67. The molecule has 0 aliphatic carbocycles. The third-order valence-electron chi connectivity index (χ3n) is 4.82. The van der Waals surface area contributed by atoms with Gasteiger partial charge < -0.3 is 5.32 Å². The molecule has 4 aromatic rings. The van der Waals surface area contributed by atoms with E-state index in [1.54, 1.807) is 28.8 Å². The molecule has 1 saturated heterocycles. The van der Waals surface area contributed by atoms with E-state index in [4.69, 9.17) is 0 Å². The lowest BCUT2D eigenvalue weighted by molar-refractivity contribution is -0.119. The second-order valence-corrected chi connectivity index (χ2v) is 12.0. The van der Waals surface area contributed by atoms with Gasteiger partial charge in [0.05, 0.1) is 19.9 Å². The number of fused-ring (bicyclic) bond motifs is 3. The third kappa shape index (κ3) is 3.26. The van der Waals surface area contributed by atoms with Gasteiger partial charge in [0.1, 0.15) is 15.8 Å². The van der Waals surface area contributed by atoms with Crippen LogP contribution < -0.4 is 5.32 Å². The lowest BCUT2D eigenvalue weighted by Crippen LogP contribution is -2.42. The summed E-state index contributed by atoms with van der Waals surface area (Å²) in [4.78, 5) is 22.0. The number of carbonyl (C=O) groups is 1. The molecule has 4 heterocycles. The molecule has 7 nitrogen and oxygen atoms in total. The van der Waals surface area contributed by atoms with Gasteiger partial charge in [-0.25, -0.2) is 18.4 Å². The van der Waals surface area contributed by atoms with Gasteiger partial charge in [0, 0.05) is 6.54 Å². The molecule has 0 bridgehead atoms. The van der Waals surface area contributed by atoms with Gasteiger partial charge in [-0.1, -0.05) is 17.4 Å². The summed E-state index contributed by atoms with van der Waals surface area (Å²) >= 11 is 4.15. The first-order valence-corrected chi connectivity index (χ1v) is 12.9. The molecule has 1 aromatic carbocycles. The molecule has 11 heteroatoms. The lowest BCUT2D eigenvalue weighted by Gasteiger charge is -2.22. The largest absolute Gasteiger partial charge is 0.301 e. The second kappa shape index (κ2) is 7.10. The standard InChI is InChI=1S/C18H16N4O3S4/c1-10-19-15-13(27-10)7-6-11-16(15)28-18(20-11)21-17(23)12-4-2-8-22(12)29(24,25)14-5-3-9-26-14/h3,5-7,9,12H,2,4,8H2,1H3,(H,20,21,23). The zero-order chi connectivity index (χ0) is 20.2. The zero-order valence-corrected chi connectivity index (χ0v) is 18.6. The number of carbonyl (C=O) groups excluding carboxylic acids is 1. The predicted octanol–water partition coefficient (Wildman–Crippen LogP) is 4.07. The van der Waals surface area contributed by atoms with Crippen molar-refractivity contribution >= 4 is 75.5 Å². The number of amides is 1. The Balaban J connectivity index is 1.43. The van der Waals surface area contributed by atoms with Gasteiger partial charge in [0.25, 0.3) is 10.0 Å². The lowest BCUT2D eigenvalue weighted by atomic mass is 10.2. The average Bonchev–Trinajstić information content (AvgIpc) is 3.44. The Morgan fingerprint density at radius 2 is 2.10 bits per heavy atom. The molecule has 29 heavy (non-hydrogen) atoms. The molecule has 0 spiro atoms. The topological polar surface area (TPSA) is 92.3 Å². The summed E-state index contributed by atoms with van der Waals surface area (Å²) in [5.41, 5.74) is 1.67. The minimum absolute atomic E-state index is 0.262. The van der Waals surface area contributed by atoms with Crippen molar-refractivity contribution in [3.05, 3.63) is 34.7 Å². The Kier molecular flexibility index (Phi) is 4.67. The number of hydrogen-bond acceptors (Lipinski definition) is 8. The predicted molar refractivity (Wildman–Crippen MR) is 117 cm³/mol. The summed E-state index contributed by atoms with van der Waals surface area (Å²) in [6, 6.07) is 6.45. The fourth-order valence-corrected chi connectivity index (χ4v) is 8.18. The first-order chi connectivity index (χ1) is 13.9. The highest BCUT2D eigenvalue weighted by molar-refractivity contribution is 7.91. The molecule has 1 amide bonds. The number of aromatic nitrogens is 2. The molecular weight excluding hydrogens is 448 g/mol. The maximum Gasteiger partial charge on any atom is 0.253 e. The number of hydrogen-bond donors (Lipinski definition) is 1. The number of sulfonamides is 1. The van der Waals surface area contributed by atoms with E-state index in [-0.39, 0.29) is 10.1 Å². The SMILES string of the molecule is Cc1nc2c(ccc3nc(NC(=O)C4CCCN4S(=O)(=O)c4cccs4)sc32)s1. The Bertz CT molecular complexity index is 1320. The minimum Gasteiger partial charge on any atom is -0.301 e. The van der Waals surface area contributed by atoms with Crippen LogP contribution in [-0.4, -0.2) is 41.2 Å². The maximum absolute atomic E-state index is 12.9. The van der Waals surface area contributed by atoms with Gasteiger partial charge in [-0.15, -0.1) is 22.7 Å². The van der Waals surface area contributed by atoms with Crippen LogP contribution in [0.5, 0.6) is 0 Å². The molecular formula is C18H16N4O3S4. The van der Waals surface area contributed by atoms with E-state index >= 15 is 0 Å². The van der Waals surface area contributed by atoms with E-state index in [1.165, 1.54) is 15.6 Å². The van der Waals surface area contributed by atoms with E-state index in [0.717, 1.165) is 36.8 Å². The van der Waals surface area contributed by atoms with Gasteiger partial charge in [-0.3, -0.25) is 4.79 Å². The van der Waals surface area contributed by atoms with Gasteiger partial charge in [-0.2, -0.15) is 4.31 Å². The number of nitrogens with zero attached hydrogens (tertiary/aromatic N) is 3. The van der Waals surface area contributed by atoms with Crippen molar-refractivity contribution in [1.82, 2.24) is 14.3 Å². The summed E-state index contributed by atoms with van der Waals surface area (Å²) in [5, 5.41) is 6.00. The van der Waals surface area contributed by atoms with Crippen molar-refractivity contribution in [1.29, 1.82) is 0 Å². The number of thiazole rings is 2. The number of benzene rings is 1. The van der Waals surface area contributed by atoms with Crippen LogP contribution >= 0.6 is 34.0 Å². The van der Waals surface area contributed by atoms with Crippen LogP contribution in [0.25, 0.3) is 20.4 Å². The van der Waals surface area contributed by atoms with Crippen LogP contribution in [0.4, 0.5) is 5.13 Å². The number of aryl methyl sites for hydroxylation is 1. The summed E-state index contributed by atoms with van der Waals surface area (Å²) in [6.45, 7) is 2.31. The van der Waals surface area contributed by atoms with Crippen LogP contribution in [0.3, 0.4) is 0 Å². The summed E-state index contributed by atoms with van der Waals surface area (Å²) < 4.78 is 29.4. The van der Waals surface area contributed by atoms with Gasteiger partial charge in [0.2, 0.25) is 5.91 Å². The van der Waals surface area contributed by atoms with Crippen LogP contribution in [0.15, 0.2) is 33.9 Å². The molecule has 1 atom stereocenters. The number of thiophene rings is 1. The van der Waals surface area contributed by atoms with Crippen molar-refractivity contribution in [3.8, 4) is 0 Å². The normalized spacial score (nSPS) is 18.0. The molecule has 1 aliphatic rings. The average molecular weight is 465 g/mol. The summed E-state index contributed by atoms with van der Waals surface area (Å²) in [6.07, 6.45) is 1.15. The highest BCUT2D eigenvalue weighted by atomic mass is 32.2. The van der Waals surface area contributed by atoms with Crippen molar-refractivity contribution in [2.24, 2.45) is 0 Å². The van der Waals surface area contributed by atoms with Crippen molar-refractivity contribution < 1.29 is 13.2 Å². The van der Waals surface area contributed by atoms with Crippen molar-refractivity contribution in [3.63, 3.8) is 0 Å². The fourth-order valence-electron chi connectivity index (χ4n) is 3.55. The Hall–Kier alpha value is -1.92. The molecule has 3 aromatic heterocycles. The van der Waals surface area contributed by atoms with Gasteiger partial charge in [0.15, 0.2) is 5.13 Å². The number of anilines is 1. The van der Waals surface area contributed by atoms with Crippen LogP contribution in [0, 0.1) is 6.92 Å². The molecule has 0 saturated carbocycles. The van der Waals surface area contributed by atoms with Crippen LogP contribution in [-0.2, 0) is 14.8 Å². The molecule has 1 fully saturated rings. The fraction of sp³-hybridized carbons (Fsp3) is 0.278. The molecule has 1 aliphatic heterocycles. The van der Waals surface area contributed by atoms with Gasteiger partial charge >= 0.3 is 0 Å². The summed E-state index contributed by atoms with van der Waals surface area (Å²) in [5.74, 6) is -0.340. The maximum atomic E-state index is 12.9. The van der Waals surface area contributed by atoms with E-state index < -0.39 is 16.1 Å². The minimum atomic E-state index is -3.67. The van der Waals surface area contributed by atoms with E-state index in [9.17, 15) is 13.2 Å². The quantitative estimate of drug-likeness (QED) is 0.492. The molecule has 5 rings (SSSR count). The highest BCUT2D eigenvalue weighted by Gasteiger charge is 2.40. The Labute approximate surface area is 179 Å². The van der Waals surface area contributed by atoms with E-state index in [2.05, 4.69) is 15.3 Å². The third-order valence-corrected chi connectivity index (χ3v) is 10.0. The van der Waals surface area contributed by atoms with E-state index in [0.29, 0.717) is 24.5 Å². The van der Waals surface area contributed by atoms with Gasteiger partial charge in [-0.05, 0) is 43.3 Å².